The van der Waals surface area contributed by atoms with Crippen LogP contribution in [0.2, 0.25) is 0 Å². The van der Waals surface area contributed by atoms with Crippen molar-refractivity contribution in [3.63, 3.8) is 0 Å². The number of fused-ring (bicyclic) bond motifs is 3. The number of pyridine rings is 1. The molecule has 0 unspecified atom stereocenters. The summed E-state index contributed by atoms with van der Waals surface area (Å²) in [4.78, 5) is 25.4. The van der Waals surface area contributed by atoms with Crippen molar-refractivity contribution in [2.45, 2.75) is 31.2 Å². The van der Waals surface area contributed by atoms with Crippen LogP contribution in [-0.4, -0.2) is 46.7 Å². The summed E-state index contributed by atoms with van der Waals surface area (Å²) in [7, 11) is -2.17. The van der Waals surface area contributed by atoms with Gasteiger partial charge in [0, 0.05) is 25.9 Å². The highest BCUT2D eigenvalue weighted by Crippen LogP contribution is 2.42. The first-order valence-corrected chi connectivity index (χ1v) is 12.2. The lowest BCUT2D eigenvalue weighted by molar-refractivity contribution is 0.0988. The van der Waals surface area contributed by atoms with E-state index in [1.54, 1.807) is 28.9 Å². The van der Waals surface area contributed by atoms with E-state index in [2.05, 4.69) is 14.8 Å². The number of sulfonamides is 1. The summed E-state index contributed by atoms with van der Waals surface area (Å²) < 4.78 is 28.2. The number of imidazole rings is 1. The van der Waals surface area contributed by atoms with Gasteiger partial charge in [-0.25, -0.2) is 27.5 Å². The summed E-state index contributed by atoms with van der Waals surface area (Å²) in [6, 6.07) is 9.13. The maximum absolute atomic E-state index is 13.0. The molecule has 9 nitrogen and oxygen atoms in total. The van der Waals surface area contributed by atoms with Gasteiger partial charge in [0.05, 0.1) is 12.3 Å². The molecule has 2 aliphatic rings. The second-order valence-electron chi connectivity index (χ2n) is 8.56. The monoisotopic (exact) mass is 462 g/mol. The number of carbonyl (C=O) groups is 1. The highest BCUT2D eigenvalue weighted by Gasteiger charge is 2.45. The van der Waals surface area contributed by atoms with Gasteiger partial charge in [0.25, 0.3) is 0 Å². The number of aromatic nitrogens is 2. The molecule has 0 saturated heterocycles. The highest BCUT2D eigenvalue weighted by atomic mass is 32.2. The molecule has 1 spiro atoms. The Labute approximate surface area is 191 Å². The summed E-state index contributed by atoms with van der Waals surface area (Å²) in [6.45, 7) is 7.13. The normalized spacial score (nSPS) is 21.5. The number of hydrogen-bond donors (Lipinski definition) is 1. The first-order chi connectivity index (χ1) is 15.7. The number of benzene rings is 1. The largest absolute Gasteiger partial charge is 0.369 e. The Bertz CT molecular complexity index is 1480. The molecule has 0 radical (unpaired) electrons. The van der Waals surface area contributed by atoms with Gasteiger partial charge in [0.1, 0.15) is 16.9 Å². The van der Waals surface area contributed by atoms with Gasteiger partial charge in [0.2, 0.25) is 21.7 Å². The molecule has 168 valence electrons. The van der Waals surface area contributed by atoms with E-state index >= 15 is 0 Å². The molecule has 3 aromatic rings. The Hall–Kier alpha value is -3.71. The van der Waals surface area contributed by atoms with Crippen LogP contribution < -0.4 is 5.73 Å². The molecule has 0 amide bonds. The summed E-state index contributed by atoms with van der Waals surface area (Å²) in [6.07, 6.45) is 5.61. The van der Waals surface area contributed by atoms with E-state index in [1.807, 2.05) is 18.2 Å². The Morgan fingerprint density at radius 2 is 2.09 bits per heavy atom. The van der Waals surface area contributed by atoms with Gasteiger partial charge in [-0.1, -0.05) is 24.3 Å². The van der Waals surface area contributed by atoms with Gasteiger partial charge in [0.15, 0.2) is 5.78 Å². The molecule has 3 heterocycles. The molecule has 33 heavy (non-hydrogen) atoms. The first-order valence-electron chi connectivity index (χ1n) is 10.5. The minimum absolute atomic E-state index is 0.0148. The molecular formula is C23H22N6O3S. The van der Waals surface area contributed by atoms with Gasteiger partial charge >= 0.3 is 0 Å². The quantitative estimate of drug-likeness (QED) is 0.474. The van der Waals surface area contributed by atoms with Crippen LogP contribution in [-0.2, 0) is 28.4 Å². The average molecular weight is 463 g/mol. The third kappa shape index (κ3) is 3.54. The Balaban J connectivity index is 1.49. The van der Waals surface area contributed by atoms with Crippen LogP contribution in [0, 0.1) is 6.57 Å². The van der Waals surface area contributed by atoms with Crippen LogP contribution in [0.4, 0.5) is 5.69 Å². The number of nitrogens with zero attached hydrogens (tertiary/aromatic N) is 5. The van der Waals surface area contributed by atoms with Crippen molar-refractivity contribution >= 4 is 33.1 Å². The van der Waals surface area contributed by atoms with Crippen LogP contribution in [0.5, 0.6) is 0 Å². The number of hydrogen-bond acceptors (Lipinski definition) is 6. The van der Waals surface area contributed by atoms with Gasteiger partial charge in [-0.05, 0) is 42.0 Å². The second kappa shape index (κ2) is 7.42. The smallest absolute Gasteiger partial charge is 0.239 e. The average Bonchev–Trinajstić information content (AvgIpc) is 3.21. The standard InChI is InChI=1S/C23H22N6O3S/c1-25-17-7-8-21-26-19(13-29(21)12-17)20(30)11-15-5-6-16-4-3-9-23(18(16)10-15)14-33(31,32)28(2)22(24)27-23/h5-8,10,12-13H,3-4,9,11,14H2,2H3,(H2,24,27)/t23-/m0/s1. The number of aryl methyl sites for hydroxylation is 1. The molecular weight excluding hydrogens is 440 g/mol. The van der Waals surface area contributed by atoms with E-state index in [0.717, 1.165) is 33.8 Å². The van der Waals surface area contributed by atoms with Crippen molar-refractivity contribution < 1.29 is 13.2 Å². The molecule has 10 heteroatoms. The molecule has 2 aromatic heterocycles. The minimum Gasteiger partial charge on any atom is -0.369 e. The van der Waals surface area contributed by atoms with Crippen LogP contribution in [0.15, 0.2) is 47.7 Å². The van der Waals surface area contributed by atoms with Gasteiger partial charge < -0.3 is 10.1 Å². The summed E-state index contributed by atoms with van der Waals surface area (Å²) in [5, 5.41) is 0. The fraction of sp³-hybridized carbons (Fsp3) is 0.304. The predicted octanol–water partition coefficient (Wildman–Crippen LogP) is 2.43. The van der Waals surface area contributed by atoms with E-state index in [1.165, 1.54) is 7.05 Å². The number of rotatable bonds is 3. The van der Waals surface area contributed by atoms with Crippen molar-refractivity contribution in [3.05, 3.63) is 76.5 Å². The predicted molar refractivity (Wildman–Crippen MR) is 124 cm³/mol. The maximum Gasteiger partial charge on any atom is 0.239 e. The van der Waals surface area contributed by atoms with Crippen molar-refractivity contribution in [3.8, 4) is 0 Å². The first kappa shape index (κ1) is 21.2. The van der Waals surface area contributed by atoms with Crippen LogP contribution in [0.1, 0.15) is 40.0 Å². The lowest BCUT2D eigenvalue weighted by Crippen LogP contribution is -2.52. The third-order valence-corrected chi connectivity index (χ3v) is 8.28. The summed E-state index contributed by atoms with van der Waals surface area (Å²) in [5.74, 6) is -0.316. The summed E-state index contributed by atoms with van der Waals surface area (Å²) in [5.41, 5.74) is 9.06. The molecule has 5 rings (SSSR count). The van der Waals surface area contributed by atoms with Crippen molar-refractivity contribution in [2.75, 3.05) is 12.8 Å². The summed E-state index contributed by atoms with van der Waals surface area (Å²) >= 11 is 0. The van der Waals surface area contributed by atoms with Crippen LogP contribution in [0.25, 0.3) is 10.5 Å². The lowest BCUT2D eigenvalue weighted by atomic mass is 9.77. The van der Waals surface area contributed by atoms with Crippen molar-refractivity contribution in [1.29, 1.82) is 0 Å². The van der Waals surface area contributed by atoms with Crippen LogP contribution >= 0.6 is 0 Å². The zero-order valence-corrected chi connectivity index (χ0v) is 18.8. The van der Waals surface area contributed by atoms with Crippen molar-refractivity contribution in [1.82, 2.24) is 13.7 Å². The van der Waals surface area contributed by atoms with Gasteiger partial charge in [-0.3, -0.25) is 4.79 Å². The van der Waals surface area contributed by atoms with E-state index < -0.39 is 15.6 Å². The minimum atomic E-state index is -3.58. The number of carbonyl (C=O) groups excluding carboxylic acids is 1. The number of guanidine groups is 1. The number of nitrogens with two attached hydrogens (primary N) is 1. The molecule has 2 N–H and O–H groups in total. The van der Waals surface area contributed by atoms with Crippen molar-refractivity contribution in [2.24, 2.45) is 10.7 Å². The van der Waals surface area contributed by atoms with E-state index in [9.17, 15) is 13.2 Å². The van der Waals surface area contributed by atoms with Crippen LogP contribution in [0.3, 0.4) is 0 Å². The highest BCUT2D eigenvalue weighted by molar-refractivity contribution is 7.89. The zero-order chi connectivity index (χ0) is 23.4. The third-order valence-electron chi connectivity index (χ3n) is 6.42. The Kier molecular flexibility index (Phi) is 4.76. The number of Topliss-reactive ketones (excluding diaryl/α,β-unsaturated/α-hetero) is 1. The Morgan fingerprint density at radius 3 is 2.85 bits per heavy atom. The molecule has 0 bridgehead atoms. The topological polar surface area (TPSA) is 114 Å². The van der Waals surface area contributed by atoms with Gasteiger partial charge in [-0.2, -0.15) is 0 Å². The van der Waals surface area contributed by atoms with E-state index in [-0.39, 0.29) is 23.9 Å². The molecule has 1 atom stereocenters. The SMILES string of the molecule is [C-]#[N+]c1ccc2nc(C(=O)Cc3ccc4c(c3)[C@]3(CCC4)CS(=O)(=O)N(C)C(N)=N3)cn2c1. The number of aliphatic imine (C=N–C) groups is 1. The van der Waals surface area contributed by atoms with E-state index in [0.29, 0.717) is 23.4 Å². The lowest BCUT2D eigenvalue weighted by Gasteiger charge is -2.40. The number of ketones is 1. The maximum atomic E-state index is 13.0. The molecule has 0 fully saturated rings. The molecule has 0 saturated carbocycles. The van der Waals surface area contributed by atoms with E-state index in [4.69, 9.17) is 12.3 Å². The molecule has 1 aliphatic carbocycles. The second-order valence-corrected chi connectivity index (χ2v) is 10.6. The van der Waals surface area contributed by atoms with Gasteiger partial charge in [-0.15, -0.1) is 0 Å². The Morgan fingerprint density at radius 1 is 1.27 bits per heavy atom. The fourth-order valence-electron chi connectivity index (χ4n) is 4.68. The fourth-order valence-corrected chi connectivity index (χ4v) is 6.16. The molecule has 1 aliphatic heterocycles. The zero-order valence-electron chi connectivity index (χ0n) is 18.0. The molecule has 1 aromatic carbocycles.